The molecule has 1 saturated carbocycles. The van der Waals surface area contributed by atoms with E-state index in [1.165, 1.54) is 16.2 Å². The predicted octanol–water partition coefficient (Wildman–Crippen LogP) is 1.83. The zero-order chi connectivity index (χ0) is 16.4. The van der Waals surface area contributed by atoms with Gasteiger partial charge in [0.1, 0.15) is 6.04 Å². The van der Waals surface area contributed by atoms with E-state index in [0.29, 0.717) is 22.2 Å². The van der Waals surface area contributed by atoms with E-state index < -0.39 is 12.0 Å². The van der Waals surface area contributed by atoms with Gasteiger partial charge in [0.05, 0.1) is 9.21 Å². The van der Waals surface area contributed by atoms with Crippen LogP contribution in [0, 0.1) is 0 Å². The normalized spacial score (nSPS) is 20.4. The molecule has 0 radical (unpaired) electrons. The van der Waals surface area contributed by atoms with Crippen molar-refractivity contribution in [2.75, 3.05) is 13.2 Å². The molecule has 1 N–H and O–H groups in total. The van der Waals surface area contributed by atoms with Crippen molar-refractivity contribution < 1.29 is 19.1 Å². The minimum Gasteiger partial charge on any atom is -0.454 e. The van der Waals surface area contributed by atoms with E-state index in [1.807, 2.05) is 0 Å². The highest BCUT2D eigenvalue weighted by Crippen LogP contribution is 2.27. The fourth-order valence-electron chi connectivity index (χ4n) is 2.56. The van der Waals surface area contributed by atoms with Gasteiger partial charge in [-0.05, 0) is 37.8 Å². The molecule has 2 heterocycles. The third-order valence-electron chi connectivity index (χ3n) is 3.86. The van der Waals surface area contributed by atoms with E-state index in [2.05, 4.69) is 5.32 Å². The molecular formula is C15H17ClN2O4S. The molecule has 1 atom stereocenters. The molecule has 6 nitrogen and oxygen atoms in total. The third kappa shape index (κ3) is 4.03. The van der Waals surface area contributed by atoms with Gasteiger partial charge in [-0.15, -0.1) is 11.3 Å². The summed E-state index contributed by atoms with van der Waals surface area (Å²) in [6.07, 6.45) is 3.24. The lowest BCUT2D eigenvalue weighted by Crippen LogP contribution is -2.42. The molecule has 1 saturated heterocycles. The van der Waals surface area contributed by atoms with Gasteiger partial charge in [0.25, 0.3) is 11.8 Å². The minimum atomic E-state index is -0.628. The largest absolute Gasteiger partial charge is 0.454 e. The van der Waals surface area contributed by atoms with E-state index in [4.69, 9.17) is 16.3 Å². The van der Waals surface area contributed by atoms with Crippen molar-refractivity contribution in [2.45, 2.75) is 37.8 Å². The predicted molar refractivity (Wildman–Crippen MR) is 85.5 cm³/mol. The lowest BCUT2D eigenvalue weighted by atomic mass is 10.2. The number of thiophene rings is 1. The first kappa shape index (κ1) is 16.3. The number of hydrogen-bond acceptors (Lipinski definition) is 5. The van der Waals surface area contributed by atoms with Gasteiger partial charge in [0.15, 0.2) is 6.61 Å². The van der Waals surface area contributed by atoms with Gasteiger partial charge in [0, 0.05) is 12.6 Å². The second-order valence-corrected chi connectivity index (χ2v) is 7.42. The number of carbonyl (C=O) groups is 3. The fourth-order valence-corrected chi connectivity index (χ4v) is 3.55. The second-order valence-electron chi connectivity index (χ2n) is 5.71. The van der Waals surface area contributed by atoms with Crippen LogP contribution in [0.3, 0.4) is 0 Å². The van der Waals surface area contributed by atoms with Crippen molar-refractivity contribution in [3.05, 3.63) is 21.3 Å². The summed E-state index contributed by atoms with van der Waals surface area (Å²) in [6, 6.07) is 2.91. The Morgan fingerprint density at radius 2 is 2.09 bits per heavy atom. The Morgan fingerprint density at radius 3 is 2.74 bits per heavy atom. The maximum Gasteiger partial charge on any atom is 0.329 e. The van der Waals surface area contributed by atoms with Crippen LogP contribution in [-0.2, 0) is 14.3 Å². The topological polar surface area (TPSA) is 75.7 Å². The highest BCUT2D eigenvalue weighted by molar-refractivity contribution is 7.17. The Balaban J connectivity index is 1.55. The zero-order valence-corrected chi connectivity index (χ0v) is 14.0. The average molecular weight is 357 g/mol. The molecule has 0 bridgehead atoms. The van der Waals surface area contributed by atoms with Crippen LogP contribution in [-0.4, -0.2) is 47.9 Å². The van der Waals surface area contributed by atoms with Crippen LogP contribution in [0.15, 0.2) is 12.1 Å². The van der Waals surface area contributed by atoms with Gasteiger partial charge in [0.2, 0.25) is 0 Å². The minimum absolute atomic E-state index is 0.219. The van der Waals surface area contributed by atoms with E-state index >= 15 is 0 Å². The summed E-state index contributed by atoms with van der Waals surface area (Å²) in [5, 5.41) is 2.75. The Kier molecular flexibility index (Phi) is 4.87. The van der Waals surface area contributed by atoms with Crippen LogP contribution in [0.4, 0.5) is 0 Å². The number of esters is 1. The molecule has 2 fully saturated rings. The van der Waals surface area contributed by atoms with Crippen molar-refractivity contribution in [2.24, 2.45) is 0 Å². The smallest absolute Gasteiger partial charge is 0.329 e. The highest BCUT2D eigenvalue weighted by Gasteiger charge is 2.36. The summed E-state index contributed by atoms with van der Waals surface area (Å²) < 4.78 is 5.60. The number of nitrogens with zero attached hydrogens (tertiary/aromatic N) is 1. The van der Waals surface area contributed by atoms with Crippen LogP contribution in [0.25, 0.3) is 0 Å². The summed E-state index contributed by atoms with van der Waals surface area (Å²) in [5.41, 5.74) is 0. The van der Waals surface area contributed by atoms with Crippen molar-refractivity contribution in [3.8, 4) is 0 Å². The number of likely N-dealkylation sites (tertiary alicyclic amines) is 1. The number of ether oxygens (including phenoxy) is 1. The van der Waals surface area contributed by atoms with Crippen LogP contribution in [0.2, 0.25) is 4.34 Å². The van der Waals surface area contributed by atoms with Gasteiger partial charge in [-0.2, -0.15) is 0 Å². The number of halogens is 1. The maximum absolute atomic E-state index is 12.5. The molecule has 1 aliphatic heterocycles. The van der Waals surface area contributed by atoms with Crippen molar-refractivity contribution in [3.63, 3.8) is 0 Å². The van der Waals surface area contributed by atoms with Crippen LogP contribution in [0.5, 0.6) is 0 Å². The maximum atomic E-state index is 12.5. The average Bonchev–Trinajstić information content (AvgIpc) is 3.03. The number of nitrogens with one attached hydrogen (secondary N) is 1. The molecule has 124 valence electrons. The van der Waals surface area contributed by atoms with Crippen molar-refractivity contribution in [1.82, 2.24) is 10.2 Å². The first-order valence-electron chi connectivity index (χ1n) is 7.57. The molecule has 3 rings (SSSR count). The molecule has 0 aromatic carbocycles. The summed E-state index contributed by atoms with van der Waals surface area (Å²) >= 11 is 7.04. The zero-order valence-electron chi connectivity index (χ0n) is 12.4. The van der Waals surface area contributed by atoms with Gasteiger partial charge < -0.3 is 15.0 Å². The van der Waals surface area contributed by atoms with Gasteiger partial charge in [-0.25, -0.2) is 4.79 Å². The van der Waals surface area contributed by atoms with Crippen molar-refractivity contribution >= 4 is 40.7 Å². The van der Waals surface area contributed by atoms with E-state index in [9.17, 15) is 14.4 Å². The molecule has 23 heavy (non-hydrogen) atoms. The molecule has 0 unspecified atom stereocenters. The monoisotopic (exact) mass is 356 g/mol. The second kappa shape index (κ2) is 6.88. The highest BCUT2D eigenvalue weighted by atomic mass is 35.5. The van der Waals surface area contributed by atoms with Crippen molar-refractivity contribution in [1.29, 1.82) is 0 Å². The standard InChI is InChI=1S/C15H17ClN2O4S/c16-12-6-5-11(23-12)14(20)18-7-1-2-10(18)15(21)22-8-13(19)17-9-3-4-9/h5-6,9-10H,1-4,7-8H2,(H,17,19)/t10-/m1/s1. The Morgan fingerprint density at radius 1 is 1.30 bits per heavy atom. The van der Waals surface area contributed by atoms with Crippen LogP contribution in [0.1, 0.15) is 35.4 Å². The fraction of sp³-hybridized carbons (Fsp3) is 0.533. The molecule has 1 aromatic heterocycles. The number of amides is 2. The molecular weight excluding hydrogens is 340 g/mol. The first-order chi connectivity index (χ1) is 11.0. The SMILES string of the molecule is O=C(COC(=O)[C@H]1CCCN1C(=O)c1ccc(Cl)s1)NC1CC1. The van der Waals surface area contributed by atoms with Gasteiger partial charge >= 0.3 is 5.97 Å². The summed E-state index contributed by atoms with van der Waals surface area (Å²) in [4.78, 5) is 38.2. The van der Waals surface area contributed by atoms with E-state index in [1.54, 1.807) is 12.1 Å². The third-order valence-corrected chi connectivity index (χ3v) is 5.08. The Bertz CT molecular complexity index is 629. The molecule has 2 aliphatic rings. The van der Waals surface area contributed by atoms with E-state index in [-0.39, 0.29) is 24.5 Å². The molecule has 8 heteroatoms. The van der Waals surface area contributed by atoms with Gasteiger partial charge in [-0.1, -0.05) is 11.6 Å². The lowest BCUT2D eigenvalue weighted by molar-refractivity contribution is -0.152. The molecule has 0 spiro atoms. The molecule has 2 amide bonds. The summed E-state index contributed by atoms with van der Waals surface area (Å²) in [5.74, 6) is -1.03. The number of carbonyl (C=O) groups excluding carboxylic acids is 3. The van der Waals surface area contributed by atoms with Crippen LogP contribution >= 0.6 is 22.9 Å². The first-order valence-corrected chi connectivity index (χ1v) is 8.76. The number of rotatable bonds is 5. The lowest BCUT2D eigenvalue weighted by Gasteiger charge is -2.22. The quantitative estimate of drug-likeness (QED) is 0.817. The molecule has 1 aliphatic carbocycles. The van der Waals surface area contributed by atoms with Gasteiger partial charge in [-0.3, -0.25) is 9.59 Å². The summed E-state index contributed by atoms with van der Waals surface area (Å²) in [6.45, 7) is 0.209. The summed E-state index contributed by atoms with van der Waals surface area (Å²) in [7, 11) is 0. The Hall–Kier alpha value is -1.60. The van der Waals surface area contributed by atoms with Crippen LogP contribution < -0.4 is 5.32 Å². The Labute approximate surface area is 142 Å². The number of hydrogen-bond donors (Lipinski definition) is 1. The molecule has 1 aromatic rings. The van der Waals surface area contributed by atoms with E-state index in [0.717, 1.165) is 19.3 Å².